The Labute approximate surface area is 190 Å². The predicted octanol–water partition coefficient (Wildman–Crippen LogP) is 5.40. The van der Waals surface area contributed by atoms with Crippen LogP contribution in [0.4, 0.5) is 10.5 Å². The molecule has 1 atom stereocenters. The van der Waals surface area contributed by atoms with E-state index in [9.17, 15) is 4.79 Å². The van der Waals surface area contributed by atoms with Crippen LogP contribution in [0.2, 0.25) is 0 Å². The van der Waals surface area contributed by atoms with Crippen molar-refractivity contribution in [2.75, 3.05) is 12.4 Å². The topological polar surface area (TPSA) is 81.1 Å². The van der Waals surface area contributed by atoms with E-state index >= 15 is 0 Å². The molecule has 0 spiro atoms. The molecule has 2 N–H and O–H groups in total. The number of ether oxygens (including phenoxy) is 1. The number of nitrogens with one attached hydrogen (secondary N) is 2. The van der Waals surface area contributed by atoms with Crippen molar-refractivity contribution in [3.05, 3.63) is 76.6 Å². The Hall–Kier alpha value is -3.13. The molecule has 7 nitrogen and oxygen atoms in total. The van der Waals surface area contributed by atoms with E-state index < -0.39 is 0 Å². The van der Waals surface area contributed by atoms with Crippen molar-refractivity contribution in [1.29, 1.82) is 0 Å². The molecular formula is C23H26BrN5O2. The van der Waals surface area contributed by atoms with Gasteiger partial charge in [-0.3, -0.25) is 4.98 Å². The molecule has 162 valence electrons. The number of carbonyl (C=O) groups is 1. The maximum atomic E-state index is 12.6. The van der Waals surface area contributed by atoms with Crippen molar-refractivity contribution in [2.24, 2.45) is 0 Å². The third-order valence-corrected chi connectivity index (χ3v) is 5.20. The summed E-state index contributed by atoms with van der Waals surface area (Å²) in [4.78, 5) is 21.2. The highest BCUT2D eigenvalue weighted by molar-refractivity contribution is 9.10. The van der Waals surface area contributed by atoms with Crippen LogP contribution in [0.15, 0.2) is 59.6 Å². The van der Waals surface area contributed by atoms with E-state index in [0.717, 1.165) is 21.4 Å². The number of nitrogens with zero attached hydrogens (tertiary/aromatic N) is 3. The number of amides is 2. The number of hydrogen-bond acceptors (Lipinski definition) is 4. The summed E-state index contributed by atoms with van der Waals surface area (Å²) in [5, 5.41) is 5.87. The molecule has 8 heteroatoms. The molecule has 0 radical (unpaired) electrons. The highest BCUT2D eigenvalue weighted by Crippen LogP contribution is 2.29. The minimum Gasteiger partial charge on any atom is -0.495 e. The van der Waals surface area contributed by atoms with Gasteiger partial charge in [0.2, 0.25) is 0 Å². The number of rotatable bonds is 5. The number of halogens is 1. The first-order valence-electron chi connectivity index (χ1n) is 10.2. The molecule has 0 saturated heterocycles. The van der Waals surface area contributed by atoms with Gasteiger partial charge in [0, 0.05) is 23.4 Å². The number of pyridine rings is 1. The first-order chi connectivity index (χ1) is 15.1. The normalized spacial score (nSPS) is 14.1. The van der Waals surface area contributed by atoms with Gasteiger partial charge >= 0.3 is 6.03 Å². The highest BCUT2D eigenvalue weighted by atomic mass is 79.9. The van der Waals surface area contributed by atoms with Crippen LogP contribution in [0.25, 0.3) is 6.08 Å². The number of methoxy groups -OCH3 is 1. The van der Waals surface area contributed by atoms with Gasteiger partial charge in [0.1, 0.15) is 5.75 Å². The summed E-state index contributed by atoms with van der Waals surface area (Å²) in [5.41, 5.74) is 3.59. The number of imidazole rings is 1. The Morgan fingerprint density at radius 1 is 1.26 bits per heavy atom. The van der Waals surface area contributed by atoms with Gasteiger partial charge in [0.25, 0.3) is 0 Å². The van der Waals surface area contributed by atoms with Crippen LogP contribution in [-0.2, 0) is 6.54 Å². The number of urea groups is 1. The summed E-state index contributed by atoms with van der Waals surface area (Å²) >= 11 is 3.41. The van der Waals surface area contributed by atoms with Crippen LogP contribution in [0.5, 0.6) is 5.75 Å². The quantitative estimate of drug-likeness (QED) is 0.508. The van der Waals surface area contributed by atoms with Crippen molar-refractivity contribution in [3.63, 3.8) is 0 Å². The van der Waals surface area contributed by atoms with Gasteiger partial charge in [-0.05, 0) is 48.4 Å². The molecule has 1 unspecified atom stereocenters. The lowest BCUT2D eigenvalue weighted by Gasteiger charge is -2.21. The number of aromatic nitrogens is 3. The number of hydrogen-bond donors (Lipinski definition) is 2. The molecule has 3 aromatic rings. The predicted molar refractivity (Wildman–Crippen MR) is 126 cm³/mol. The van der Waals surface area contributed by atoms with Crippen molar-refractivity contribution in [2.45, 2.75) is 32.9 Å². The third kappa shape index (κ3) is 5.52. The maximum absolute atomic E-state index is 12.6. The fraction of sp³-hybridized carbons (Fsp3) is 0.261. The maximum Gasteiger partial charge on any atom is 0.319 e. The number of carbonyl (C=O) groups excluding carboxylic acids is 1. The molecule has 0 saturated carbocycles. The highest BCUT2D eigenvalue weighted by Gasteiger charge is 2.23. The minimum atomic E-state index is -0.309. The Morgan fingerprint density at radius 2 is 2.03 bits per heavy atom. The summed E-state index contributed by atoms with van der Waals surface area (Å²) in [6, 6.07) is 8.90. The molecule has 2 heterocycles. The van der Waals surface area contributed by atoms with Crippen LogP contribution in [-0.4, -0.2) is 27.7 Å². The number of fused-ring (bicyclic) bond motifs is 1. The van der Waals surface area contributed by atoms with Gasteiger partial charge in [0.05, 0.1) is 36.6 Å². The lowest BCUT2D eigenvalue weighted by atomic mass is 10.0. The summed E-state index contributed by atoms with van der Waals surface area (Å²) in [6.45, 7) is 4.70. The first kappa shape index (κ1) is 22.6. The van der Waals surface area contributed by atoms with Crippen LogP contribution >= 0.6 is 15.9 Å². The van der Waals surface area contributed by atoms with E-state index in [0.29, 0.717) is 24.4 Å². The van der Waals surface area contributed by atoms with Crippen molar-refractivity contribution < 1.29 is 9.53 Å². The van der Waals surface area contributed by atoms with E-state index in [2.05, 4.69) is 53.3 Å². The molecule has 1 aromatic carbocycles. The van der Waals surface area contributed by atoms with Gasteiger partial charge in [-0.1, -0.05) is 35.9 Å². The Morgan fingerprint density at radius 3 is 2.77 bits per heavy atom. The SMILES string of the molecule is CC.COc1ccc(Br)cc1NC(=O)NC1CC=Cc2c1ncn2Cc1ccncc1. The third-order valence-electron chi connectivity index (χ3n) is 4.70. The lowest BCUT2D eigenvalue weighted by molar-refractivity contribution is 0.248. The lowest BCUT2D eigenvalue weighted by Crippen LogP contribution is -2.33. The van der Waals surface area contributed by atoms with Crippen molar-refractivity contribution in [1.82, 2.24) is 19.9 Å². The Kier molecular flexibility index (Phi) is 7.83. The van der Waals surface area contributed by atoms with E-state index in [4.69, 9.17) is 4.74 Å². The summed E-state index contributed by atoms with van der Waals surface area (Å²) in [7, 11) is 1.57. The average Bonchev–Trinajstić information content (AvgIpc) is 3.20. The molecule has 0 bridgehead atoms. The molecule has 31 heavy (non-hydrogen) atoms. The molecule has 0 fully saturated rings. The van der Waals surface area contributed by atoms with Gasteiger partial charge in [-0.15, -0.1) is 0 Å². The largest absolute Gasteiger partial charge is 0.495 e. The van der Waals surface area contributed by atoms with Gasteiger partial charge in [-0.2, -0.15) is 0 Å². The standard InChI is InChI=1S/C21H20BrN5O2.C2H6/c1-29-19-6-5-15(22)11-17(19)26-21(28)25-16-3-2-4-18-20(16)24-13-27(18)12-14-7-9-23-10-8-14;1-2/h2,4-11,13,16H,3,12H2,1H3,(H2,25,26,28);1-2H3. The molecule has 2 amide bonds. The first-order valence-corrected chi connectivity index (χ1v) is 10.9. The van der Waals surface area contributed by atoms with Crippen LogP contribution < -0.4 is 15.4 Å². The zero-order chi connectivity index (χ0) is 22.2. The second-order valence-electron chi connectivity index (χ2n) is 6.63. The van der Waals surface area contributed by atoms with Gasteiger partial charge in [0.15, 0.2) is 0 Å². The van der Waals surface area contributed by atoms with Gasteiger partial charge < -0.3 is 19.9 Å². The summed E-state index contributed by atoms with van der Waals surface area (Å²) < 4.78 is 8.24. The summed E-state index contributed by atoms with van der Waals surface area (Å²) in [5.74, 6) is 0.592. The molecule has 4 rings (SSSR count). The smallest absolute Gasteiger partial charge is 0.319 e. The zero-order valence-corrected chi connectivity index (χ0v) is 19.4. The molecule has 2 aromatic heterocycles. The molecule has 0 aliphatic heterocycles. The van der Waals surface area contributed by atoms with Gasteiger partial charge in [-0.25, -0.2) is 9.78 Å². The molecule has 1 aliphatic rings. The summed E-state index contributed by atoms with van der Waals surface area (Å²) in [6.07, 6.45) is 10.2. The van der Waals surface area contributed by atoms with Crippen molar-refractivity contribution >= 4 is 33.7 Å². The second-order valence-corrected chi connectivity index (χ2v) is 7.55. The van der Waals surface area contributed by atoms with Crippen LogP contribution in [0, 0.1) is 0 Å². The fourth-order valence-electron chi connectivity index (χ4n) is 3.32. The molecule has 1 aliphatic carbocycles. The van der Waals surface area contributed by atoms with Crippen LogP contribution in [0.1, 0.15) is 43.3 Å². The minimum absolute atomic E-state index is 0.202. The van der Waals surface area contributed by atoms with Crippen LogP contribution in [0.3, 0.4) is 0 Å². The van der Waals surface area contributed by atoms with E-state index in [1.54, 1.807) is 31.6 Å². The van der Waals surface area contributed by atoms with Crippen molar-refractivity contribution in [3.8, 4) is 5.75 Å². The number of anilines is 1. The zero-order valence-electron chi connectivity index (χ0n) is 17.8. The monoisotopic (exact) mass is 483 g/mol. The Balaban J connectivity index is 0.00000132. The second kappa shape index (κ2) is 10.8. The molecular weight excluding hydrogens is 458 g/mol. The average molecular weight is 484 g/mol. The number of benzene rings is 1. The van der Waals surface area contributed by atoms with E-state index in [1.165, 1.54) is 0 Å². The van der Waals surface area contributed by atoms with E-state index in [-0.39, 0.29) is 12.1 Å². The Bertz CT molecular complexity index is 1050. The van der Waals surface area contributed by atoms with E-state index in [1.807, 2.05) is 38.4 Å². The fourth-order valence-corrected chi connectivity index (χ4v) is 3.68.